The topological polar surface area (TPSA) is 92.7 Å². The van der Waals surface area contributed by atoms with Crippen LogP contribution in [-0.2, 0) is 4.74 Å². The Morgan fingerprint density at radius 2 is 1.72 bits per heavy atom. The van der Waals surface area contributed by atoms with E-state index < -0.39 is 11.9 Å². The fourth-order valence-corrected chi connectivity index (χ4v) is 2.25. The lowest BCUT2D eigenvalue weighted by molar-refractivity contribution is 0.0697. The number of amides is 1. The summed E-state index contributed by atoms with van der Waals surface area (Å²) in [5.41, 5.74) is 0.754. The van der Waals surface area contributed by atoms with E-state index in [-0.39, 0.29) is 28.7 Å². The van der Waals surface area contributed by atoms with Crippen LogP contribution in [0, 0.1) is 0 Å². The van der Waals surface area contributed by atoms with E-state index in [2.05, 4.69) is 5.32 Å². The summed E-state index contributed by atoms with van der Waals surface area (Å²) in [6.07, 6.45) is 0. The summed E-state index contributed by atoms with van der Waals surface area (Å²) in [5, 5.41) is 12.0. The molecule has 0 aliphatic heterocycles. The van der Waals surface area contributed by atoms with Gasteiger partial charge in [-0.25, -0.2) is 4.79 Å². The lowest BCUT2D eigenvalue weighted by atomic mass is 10.1. The molecule has 130 valence electrons. The van der Waals surface area contributed by atoms with E-state index in [0.717, 1.165) is 0 Å². The fraction of sp³-hybridized carbons (Fsp3) is 0.167. The van der Waals surface area contributed by atoms with Crippen molar-refractivity contribution in [1.82, 2.24) is 0 Å². The van der Waals surface area contributed by atoms with Crippen molar-refractivity contribution in [3.63, 3.8) is 0 Å². The Kier molecular flexibility index (Phi) is 6.27. The zero-order chi connectivity index (χ0) is 18.4. The third kappa shape index (κ3) is 4.89. The van der Waals surface area contributed by atoms with Gasteiger partial charge in [0.15, 0.2) is 5.78 Å². The van der Waals surface area contributed by atoms with E-state index in [1.54, 1.807) is 6.92 Å². The summed E-state index contributed by atoms with van der Waals surface area (Å²) in [5.74, 6) is -1.87. The monoisotopic (exact) mass is 361 g/mol. The molecule has 0 aliphatic rings. The van der Waals surface area contributed by atoms with Gasteiger partial charge in [0.05, 0.1) is 11.3 Å². The third-order valence-electron chi connectivity index (χ3n) is 3.37. The number of hydrogen-bond acceptors (Lipinski definition) is 4. The lowest BCUT2D eigenvalue weighted by Gasteiger charge is -2.09. The molecule has 1 amide bonds. The second-order valence-corrected chi connectivity index (χ2v) is 5.52. The van der Waals surface area contributed by atoms with E-state index in [1.807, 2.05) is 0 Å². The number of carboxylic acid groups (broad SMARTS) is 1. The molecule has 0 unspecified atom stereocenters. The van der Waals surface area contributed by atoms with E-state index >= 15 is 0 Å². The highest BCUT2D eigenvalue weighted by molar-refractivity contribution is 6.31. The van der Waals surface area contributed by atoms with Crippen LogP contribution in [0.1, 0.15) is 38.0 Å². The lowest BCUT2D eigenvalue weighted by Crippen LogP contribution is -2.15. The van der Waals surface area contributed by atoms with Crippen molar-refractivity contribution in [1.29, 1.82) is 0 Å². The van der Waals surface area contributed by atoms with Gasteiger partial charge >= 0.3 is 5.97 Å². The maximum absolute atomic E-state index is 12.3. The summed E-state index contributed by atoms with van der Waals surface area (Å²) < 4.78 is 5.06. The van der Waals surface area contributed by atoms with Crippen LogP contribution in [0.3, 0.4) is 0 Å². The largest absolute Gasteiger partial charge is 0.478 e. The first-order chi connectivity index (χ1) is 11.9. The molecule has 0 aliphatic carbocycles. The van der Waals surface area contributed by atoms with Crippen LogP contribution >= 0.6 is 11.6 Å². The summed E-state index contributed by atoms with van der Waals surface area (Å²) in [7, 11) is 0. The number of ether oxygens (including phenoxy) is 1. The van der Waals surface area contributed by atoms with Gasteiger partial charge in [0.25, 0.3) is 5.91 Å². The van der Waals surface area contributed by atoms with Crippen molar-refractivity contribution in [3.8, 4) is 0 Å². The van der Waals surface area contributed by atoms with Gasteiger partial charge in [-0.3, -0.25) is 9.59 Å². The number of halogens is 1. The number of Topliss-reactive ketones (excluding diaryl/α,β-unsaturated/α-hetero) is 1. The number of benzene rings is 2. The minimum Gasteiger partial charge on any atom is -0.478 e. The number of carbonyl (C=O) groups excluding carboxylic acids is 2. The molecule has 2 aromatic carbocycles. The summed E-state index contributed by atoms with van der Waals surface area (Å²) in [6, 6.07) is 10.2. The molecule has 2 rings (SSSR count). The number of ketones is 1. The number of rotatable bonds is 7. The van der Waals surface area contributed by atoms with Crippen LogP contribution in [0.4, 0.5) is 5.69 Å². The van der Waals surface area contributed by atoms with Crippen LogP contribution in [0.2, 0.25) is 5.02 Å². The number of carboxylic acids is 1. The molecule has 0 heterocycles. The van der Waals surface area contributed by atoms with Crippen molar-refractivity contribution < 1.29 is 24.2 Å². The molecule has 6 nitrogen and oxygen atoms in total. The first kappa shape index (κ1) is 18.6. The second kappa shape index (κ2) is 8.41. The normalized spacial score (nSPS) is 10.3. The summed E-state index contributed by atoms with van der Waals surface area (Å²) in [6.45, 7) is 2.22. The van der Waals surface area contributed by atoms with Gasteiger partial charge < -0.3 is 15.2 Å². The minimum atomic E-state index is -1.20. The SMILES string of the molecule is CCOCC(=O)c1ccc(C(=O)Nc2ccc(Cl)cc2C(=O)O)cc1. The van der Waals surface area contributed by atoms with Crippen molar-refractivity contribution in [2.24, 2.45) is 0 Å². The average molecular weight is 362 g/mol. The van der Waals surface area contributed by atoms with E-state index in [9.17, 15) is 19.5 Å². The Labute approximate surface area is 149 Å². The molecule has 0 aromatic heterocycles. The average Bonchev–Trinajstić information content (AvgIpc) is 2.61. The van der Waals surface area contributed by atoms with Crippen molar-refractivity contribution in [2.75, 3.05) is 18.5 Å². The van der Waals surface area contributed by atoms with Gasteiger partial charge in [-0.2, -0.15) is 0 Å². The van der Waals surface area contributed by atoms with Crippen LogP contribution in [-0.4, -0.2) is 36.0 Å². The number of carbonyl (C=O) groups is 3. The van der Waals surface area contributed by atoms with Crippen molar-refractivity contribution >= 4 is 34.9 Å². The first-order valence-corrected chi connectivity index (χ1v) is 7.85. The van der Waals surface area contributed by atoms with E-state index in [0.29, 0.717) is 17.7 Å². The van der Waals surface area contributed by atoms with Crippen LogP contribution < -0.4 is 5.32 Å². The number of anilines is 1. The highest BCUT2D eigenvalue weighted by atomic mass is 35.5. The Morgan fingerprint density at radius 1 is 1.08 bits per heavy atom. The maximum Gasteiger partial charge on any atom is 0.337 e. The van der Waals surface area contributed by atoms with Crippen molar-refractivity contribution in [3.05, 3.63) is 64.2 Å². The van der Waals surface area contributed by atoms with Crippen molar-refractivity contribution in [2.45, 2.75) is 6.92 Å². The molecule has 0 bridgehead atoms. The Hall–Kier alpha value is -2.70. The Morgan fingerprint density at radius 3 is 2.32 bits per heavy atom. The zero-order valence-corrected chi connectivity index (χ0v) is 14.2. The third-order valence-corrected chi connectivity index (χ3v) is 3.60. The molecule has 7 heteroatoms. The van der Waals surface area contributed by atoms with E-state index in [4.69, 9.17) is 16.3 Å². The van der Waals surface area contributed by atoms with Gasteiger partial charge in [0.1, 0.15) is 6.61 Å². The maximum atomic E-state index is 12.3. The Balaban J connectivity index is 2.14. The van der Waals surface area contributed by atoms with E-state index in [1.165, 1.54) is 42.5 Å². The Bertz CT molecular complexity index is 802. The highest BCUT2D eigenvalue weighted by Gasteiger charge is 2.15. The van der Waals surface area contributed by atoms with Gasteiger partial charge in [-0.1, -0.05) is 23.7 Å². The van der Waals surface area contributed by atoms with Gasteiger partial charge in [0, 0.05) is 22.8 Å². The summed E-state index contributed by atoms with van der Waals surface area (Å²) in [4.78, 5) is 35.3. The molecule has 2 aromatic rings. The van der Waals surface area contributed by atoms with Gasteiger partial charge in [-0.05, 0) is 37.3 Å². The summed E-state index contributed by atoms with van der Waals surface area (Å²) >= 11 is 5.78. The predicted octanol–water partition coefficient (Wildman–Crippen LogP) is 3.51. The number of nitrogens with one attached hydrogen (secondary N) is 1. The fourth-order valence-electron chi connectivity index (χ4n) is 2.08. The molecular formula is C18H16ClNO5. The van der Waals surface area contributed by atoms with Crippen LogP contribution in [0.15, 0.2) is 42.5 Å². The molecule has 0 saturated carbocycles. The molecular weight excluding hydrogens is 346 g/mol. The number of hydrogen-bond donors (Lipinski definition) is 2. The van der Waals surface area contributed by atoms with Crippen LogP contribution in [0.5, 0.6) is 0 Å². The smallest absolute Gasteiger partial charge is 0.337 e. The van der Waals surface area contributed by atoms with Crippen LogP contribution in [0.25, 0.3) is 0 Å². The minimum absolute atomic E-state index is 0.0191. The molecule has 0 atom stereocenters. The quantitative estimate of drug-likeness (QED) is 0.736. The first-order valence-electron chi connectivity index (χ1n) is 7.47. The van der Waals surface area contributed by atoms with Gasteiger partial charge in [-0.15, -0.1) is 0 Å². The molecule has 0 spiro atoms. The molecule has 0 radical (unpaired) electrons. The molecule has 2 N–H and O–H groups in total. The number of aromatic carboxylic acids is 1. The van der Waals surface area contributed by atoms with Gasteiger partial charge in [0.2, 0.25) is 0 Å². The molecule has 0 saturated heterocycles. The predicted molar refractivity (Wildman–Crippen MR) is 93.6 cm³/mol. The second-order valence-electron chi connectivity index (χ2n) is 5.09. The zero-order valence-electron chi connectivity index (χ0n) is 13.4. The highest BCUT2D eigenvalue weighted by Crippen LogP contribution is 2.21. The standard InChI is InChI=1S/C18H16ClNO5/c1-2-25-10-16(21)11-3-5-12(6-4-11)17(22)20-15-8-7-13(19)9-14(15)18(23)24/h3-9H,2,10H2,1H3,(H,20,22)(H,23,24). The molecule has 0 fully saturated rings. The molecule has 25 heavy (non-hydrogen) atoms.